The van der Waals surface area contributed by atoms with E-state index in [1.54, 1.807) is 13.2 Å². The average Bonchev–Trinajstić information content (AvgIpc) is 2.38. The number of nitrogen functional groups attached to an aromatic ring is 1. The van der Waals surface area contributed by atoms with E-state index in [1.165, 1.54) is 0 Å². The zero-order valence-corrected chi connectivity index (χ0v) is 9.72. The van der Waals surface area contributed by atoms with E-state index in [0.717, 1.165) is 17.1 Å². The zero-order chi connectivity index (χ0) is 12.1. The van der Waals surface area contributed by atoms with Gasteiger partial charge in [-0.15, -0.1) is 0 Å². The van der Waals surface area contributed by atoms with Gasteiger partial charge in [0.05, 0.1) is 7.11 Å². The van der Waals surface area contributed by atoms with Crippen molar-refractivity contribution < 1.29 is 9.47 Å². The van der Waals surface area contributed by atoms with Crippen LogP contribution in [0.3, 0.4) is 0 Å². The van der Waals surface area contributed by atoms with Crippen molar-refractivity contribution in [3.05, 3.63) is 54.1 Å². The van der Waals surface area contributed by atoms with Gasteiger partial charge in [-0.2, -0.15) is 0 Å². The fourth-order valence-corrected chi connectivity index (χ4v) is 1.51. The maximum atomic E-state index is 5.90. The highest BCUT2D eigenvalue weighted by atomic mass is 16.5. The molecule has 0 aromatic heterocycles. The van der Waals surface area contributed by atoms with Crippen molar-refractivity contribution >= 4 is 5.69 Å². The molecule has 0 saturated carbocycles. The molecule has 2 rings (SSSR count). The van der Waals surface area contributed by atoms with Crippen LogP contribution in [-0.2, 0) is 6.61 Å². The van der Waals surface area contributed by atoms with Crippen LogP contribution in [0.5, 0.6) is 11.5 Å². The molecule has 0 radical (unpaired) electrons. The molecule has 0 unspecified atom stereocenters. The lowest BCUT2D eigenvalue weighted by molar-refractivity contribution is 0.306. The molecule has 2 N–H and O–H groups in total. The van der Waals surface area contributed by atoms with E-state index in [4.69, 9.17) is 15.2 Å². The maximum absolute atomic E-state index is 5.90. The highest BCUT2D eigenvalue weighted by Gasteiger charge is 2.02. The summed E-state index contributed by atoms with van der Waals surface area (Å²) in [6.45, 7) is 0.458. The van der Waals surface area contributed by atoms with Crippen LogP contribution in [0.15, 0.2) is 48.5 Å². The Labute approximate surface area is 101 Å². The number of nitrogens with two attached hydrogens (primary N) is 1. The third kappa shape index (κ3) is 2.91. The van der Waals surface area contributed by atoms with E-state index in [2.05, 4.69) is 0 Å². The summed E-state index contributed by atoms with van der Waals surface area (Å²) in [5.41, 5.74) is 7.54. The first-order valence-corrected chi connectivity index (χ1v) is 5.40. The van der Waals surface area contributed by atoms with E-state index >= 15 is 0 Å². The molecule has 0 heterocycles. The Morgan fingerprint density at radius 1 is 1.00 bits per heavy atom. The zero-order valence-electron chi connectivity index (χ0n) is 9.72. The largest absolute Gasteiger partial charge is 0.497 e. The van der Waals surface area contributed by atoms with Crippen LogP contribution in [0.4, 0.5) is 5.69 Å². The first-order chi connectivity index (χ1) is 8.29. The smallest absolute Gasteiger partial charge is 0.120 e. The van der Waals surface area contributed by atoms with Crippen LogP contribution in [0, 0.1) is 0 Å². The molecule has 17 heavy (non-hydrogen) atoms. The van der Waals surface area contributed by atoms with Crippen LogP contribution in [0.25, 0.3) is 0 Å². The van der Waals surface area contributed by atoms with Gasteiger partial charge in [0, 0.05) is 17.3 Å². The topological polar surface area (TPSA) is 44.5 Å². The minimum Gasteiger partial charge on any atom is -0.497 e. The molecule has 88 valence electrons. The Kier molecular flexibility index (Phi) is 3.50. The summed E-state index contributed by atoms with van der Waals surface area (Å²) in [5.74, 6) is 1.59. The fraction of sp³-hybridized carbons (Fsp3) is 0.143. The Morgan fingerprint density at radius 2 is 1.76 bits per heavy atom. The van der Waals surface area contributed by atoms with E-state index in [1.807, 2.05) is 42.5 Å². The van der Waals surface area contributed by atoms with Gasteiger partial charge >= 0.3 is 0 Å². The number of para-hydroxylation sites is 1. The van der Waals surface area contributed by atoms with Crippen molar-refractivity contribution in [2.45, 2.75) is 6.61 Å². The number of anilines is 1. The lowest BCUT2D eigenvalue weighted by Gasteiger charge is -2.09. The third-order valence-corrected chi connectivity index (χ3v) is 2.49. The van der Waals surface area contributed by atoms with E-state index < -0.39 is 0 Å². The van der Waals surface area contributed by atoms with Crippen molar-refractivity contribution in [3.63, 3.8) is 0 Å². The van der Waals surface area contributed by atoms with Gasteiger partial charge in [-0.1, -0.05) is 18.2 Å². The summed E-state index contributed by atoms with van der Waals surface area (Å²) < 4.78 is 10.7. The van der Waals surface area contributed by atoms with Gasteiger partial charge in [-0.3, -0.25) is 0 Å². The summed E-state index contributed by atoms with van der Waals surface area (Å²) in [6.07, 6.45) is 0. The van der Waals surface area contributed by atoms with E-state index in [0.29, 0.717) is 12.3 Å². The number of ether oxygens (including phenoxy) is 2. The van der Waals surface area contributed by atoms with E-state index in [9.17, 15) is 0 Å². The molecule has 3 heteroatoms. The van der Waals surface area contributed by atoms with Crippen molar-refractivity contribution in [1.29, 1.82) is 0 Å². The van der Waals surface area contributed by atoms with E-state index in [-0.39, 0.29) is 0 Å². The number of hydrogen-bond acceptors (Lipinski definition) is 3. The Balaban J connectivity index is 2.04. The van der Waals surface area contributed by atoms with Crippen molar-refractivity contribution in [1.82, 2.24) is 0 Å². The monoisotopic (exact) mass is 229 g/mol. The van der Waals surface area contributed by atoms with Crippen molar-refractivity contribution in [2.75, 3.05) is 12.8 Å². The van der Waals surface area contributed by atoms with Gasteiger partial charge in [0.15, 0.2) is 0 Å². The summed E-state index contributed by atoms with van der Waals surface area (Å²) in [5, 5.41) is 0. The minimum absolute atomic E-state index is 0.458. The molecule has 2 aromatic carbocycles. The van der Waals surface area contributed by atoms with Crippen LogP contribution in [-0.4, -0.2) is 7.11 Å². The first kappa shape index (κ1) is 11.3. The lowest BCUT2D eigenvalue weighted by Crippen LogP contribution is -2.00. The lowest BCUT2D eigenvalue weighted by atomic mass is 10.2. The molecule has 0 saturated heterocycles. The number of methoxy groups -OCH3 is 1. The van der Waals surface area contributed by atoms with Gasteiger partial charge in [0.25, 0.3) is 0 Å². The second kappa shape index (κ2) is 5.25. The highest BCUT2D eigenvalue weighted by Crippen LogP contribution is 2.21. The van der Waals surface area contributed by atoms with Gasteiger partial charge in [0.1, 0.15) is 18.1 Å². The molecular formula is C14H15NO2. The number of benzene rings is 2. The van der Waals surface area contributed by atoms with Crippen LogP contribution < -0.4 is 15.2 Å². The third-order valence-electron chi connectivity index (χ3n) is 2.49. The molecular weight excluding hydrogens is 214 g/mol. The molecule has 0 aliphatic carbocycles. The van der Waals surface area contributed by atoms with Gasteiger partial charge in [-0.25, -0.2) is 0 Å². The van der Waals surface area contributed by atoms with Gasteiger partial charge in [0.2, 0.25) is 0 Å². The molecule has 0 aliphatic rings. The molecule has 0 bridgehead atoms. The Hall–Kier alpha value is -2.16. The average molecular weight is 229 g/mol. The maximum Gasteiger partial charge on any atom is 0.120 e. The Bertz CT molecular complexity index is 483. The Morgan fingerprint density at radius 3 is 2.41 bits per heavy atom. The second-order valence-corrected chi connectivity index (χ2v) is 3.67. The molecule has 0 amide bonds. The highest BCUT2D eigenvalue weighted by molar-refractivity contribution is 5.51. The predicted octanol–water partition coefficient (Wildman–Crippen LogP) is 2.86. The molecule has 0 atom stereocenters. The van der Waals surface area contributed by atoms with Crippen LogP contribution in [0.2, 0.25) is 0 Å². The minimum atomic E-state index is 0.458. The molecule has 3 nitrogen and oxygen atoms in total. The van der Waals surface area contributed by atoms with Crippen molar-refractivity contribution in [2.24, 2.45) is 0 Å². The molecule has 0 fully saturated rings. The normalized spacial score (nSPS) is 9.94. The number of hydrogen-bond donors (Lipinski definition) is 1. The second-order valence-electron chi connectivity index (χ2n) is 3.67. The van der Waals surface area contributed by atoms with Gasteiger partial charge < -0.3 is 15.2 Å². The van der Waals surface area contributed by atoms with Crippen LogP contribution >= 0.6 is 0 Å². The predicted molar refractivity (Wildman–Crippen MR) is 68.2 cm³/mol. The van der Waals surface area contributed by atoms with Crippen LogP contribution in [0.1, 0.15) is 5.56 Å². The SMILES string of the molecule is COc1ccc(COc2ccccc2)c(N)c1. The number of rotatable bonds is 4. The quantitative estimate of drug-likeness (QED) is 0.820. The summed E-state index contributed by atoms with van der Waals surface area (Å²) in [7, 11) is 1.62. The first-order valence-electron chi connectivity index (χ1n) is 5.40. The fourth-order valence-electron chi connectivity index (χ4n) is 1.51. The standard InChI is InChI=1S/C14H15NO2/c1-16-13-8-7-11(14(15)9-13)10-17-12-5-3-2-4-6-12/h2-9H,10,15H2,1H3. The summed E-state index contributed by atoms with van der Waals surface area (Å²) in [6, 6.07) is 15.2. The summed E-state index contributed by atoms with van der Waals surface area (Å²) >= 11 is 0. The molecule has 0 aliphatic heterocycles. The van der Waals surface area contributed by atoms with Gasteiger partial charge in [-0.05, 0) is 24.3 Å². The summed E-state index contributed by atoms with van der Waals surface area (Å²) in [4.78, 5) is 0. The van der Waals surface area contributed by atoms with Crippen molar-refractivity contribution in [3.8, 4) is 11.5 Å². The molecule has 0 spiro atoms. The molecule has 2 aromatic rings.